The number of nitrogens with one attached hydrogen (secondary N) is 2. The molecule has 0 radical (unpaired) electrons. The van der Waals surface area contributed by atoms with Crippen molar-refractivity contribution in [3.8, 4) is 11.8 Å². The molecule has 1 spiro atoms. The lowest BCUT2D eigenvalue weighted by Gasteiger charge is -2.53. The van der Waals surface area contributed by atoms with E-state index in [-0.39, 0.29) is 41.6 Å². The van der Waals surface area contributed by atoms with E-state index in [9.17, 15) is 23.2 Å². The fourth-order valence-electron chi connectivity index (χ4n) is 11.2. The van der Waals surface area contributed by atoms with Crippen molar-refractivity contribution in [2.24, 2.45) is 18.4 Å². The number of rotatable bonds is 10. The number of piperidine rings is 3. The highest BCUT2D eigenvalue weighted by molar-refractivity contribution is 6.08. The molecule has 1 aliphatic carbocycles. The maximum absolute atomic E-state index is 14.4. The van der Waals surface area contributed by atoms with Crippen LogP contribution in [-0.2, 0) is 16.6 Å². The number of imidazole rings is 1. The topological polar surface area (TPSA) is 152 Å². The first kappa shape index (κ1) is 43.3. The zero-order valence-corrected chi connectivity index (χ0v) is 37.2. The number of amides is 2. The predicted octanol–water partition coefficient (Wildman–Crippen LogP) is 5.02. The third kappa shape index (κ3) is 8.65. The van der Waals surface area contributed by atoms with E-state index in [2.05, 4.69) is 54.4 Å². The minimum atomic E-state index is -2.85. The minimum absolute atomic E-state index is 0.0102. The minimum Gasteiger partial charge on any atom is -0.365 e. The number of anilines is 2. The molecule has 18 heteroatoms. The van der Waals surface area contributed by atoms with Crippen LogP contribution in [0.15, 0.2) is 47.7 Å². The smallest absolute Gasteiger partial charge is 0.329 e. The normalized spacial score (nSPS) is 23.2. The maximum Gasteiger partial charge on any atom is 0.329 e. The number of likely N-dealkylation sites (tertiary alicyclic amines) is 2. The Hall–Kier alpha value is -5.64. The van der Waals surface area contributed by atoms with Crippen molar-refractivity contribution in [1.82, 2.24) is 48.6 Å². The van der Waals surface area contributed by atoms with Gasteiger partial charge in [0.05, 0.1) is 40.6 Å². The van der Waals surface area contributed by atoms with Crippen molar-refractivity contribution in [2.45, 2.75) is 88.8 Å². The van der Waals surface area contributed by atoms with E-state index in [4.69, 9.17) is 9.72 Å². The summed E-state index contributed by atoms with van der Waals surface area (Å²) in [5.74, 6) is 6.99. The average molecular weight is 893 g/mol. The third-order valence-corrected chi connectivity index (χ3v) is 14.7. The lowest BCUT2D eigenvalue weighted by atomic mass is 9.72. The second-order valence-corrected chi connectivity index (χ2v) is 19.1. The summed E-state index contributed by atoms with van der Waals surface area (Å²) in [7, 11) is 3.88. The lowest BCUT2D eigenvalue weighted by molar-refractivity contribution is -0.125. The summed E-state index contributed by atoms with van der Waals surface area (Å²) in [6.45, 7) is 7.81. The second kappa shape index (κ2) is 18.0. The molecule has 4 aliphatic heterocycles. The van der Waals surface area contributed by atoms with Crippen molar-refractivity contribution in [3.05, 3.63) is 70.2 Å². The molecule has 344 valence electrons. The zero-order chi connectivity index (χ0) is 44.8. The number of aryl methyl sites for hydroxylation is 1. The molecule has 1 aromatic carbocycles. The average Bonchev–Trinajstić information content (AvgIpc) is 4.00. The van der Waals surface area contributed by atoms with Gasteiger partial charge in [-0.3, -0.25) is 23.4 Å². The first-order chi connectivity index (χ1) is 31.5. The van der Waals surface area contributed by atoms with Gasteiger partial charge in [-0.15, -0.1) is 0 Å². The van der Waals surface area contributed by atoms with Gasteiger partial charge in [-0.05, 0) is 101 Å². The fraction of sp³-hybridized carbons (Fsp3) is 0.574. The van der Waals surface area contributed by atoms with Crippen LogP contribution in [0.1, 0.15) is 104 Å². The van der Waals surface area contributed by atoms with Gasteiger partial charge in [-0.1, -0.05) is 17.9 Å². The molecular formula is C47H58F2N12O4. The molecule has 65 heavy (non-hydrogen) atoms. The van der Waals surface area contributed by atoms with Crippen LogP contribution >= 0.6 is 0 Å². The van der Waals surface area contributed by atoms with Gasteiger partial charge in [0.2, 0.25) is 5.91 Å². The molecule has 8 heterocycles. The first-order valence-corrected chi connectivity index (χ1v) is 23.3. The molecular weight excluding hydrogens is 835 g/mol. The van der Waals surface area contributed by atoms with E-state index in [1.807, 2.05) is 24.3 Å². The van der Waals surface area contributed by atoms with E-state index in [0.717, 1.165) is 120 Å². The number of nitrogens with zero attached hydrogens (tertiary/aromatic N) is 10. The molecule has 4 saturated heterocycles. The molecule has 4 aromatic heterocycles. The third-order valence-electron chi connectivity index (χ3n) is 14.7. The Morgan fingerprint density at radius 2 is 1.80 bits per heavy atom. The lowest BCUT2D eigenvalue weighted by Crippen LogP contribution is -2.58. The van der Waals surface area contributed by atoms with E-state index in [1.54, 1.807) is 37.8 Å². The number of hydrogen-bond donors (Lipinski definition) is 2. The van der Waals surface area contributed by atoms with Crippen molar-refractivity contribution in [3.63, 3.8) is 0 Å². The number of halogens is 2. The van der Waals surface area contributed by atoms with Gasteiger partial charge in [-0.2, -0.15) is 10.2 Å². The molecule has 1 unspecified atom stereocenters. The number of benzene rings is 1. The van der Waals surface area contributed by atoms with Crippen molar-refractivity contribution < 1.29 is 23.1 Å². The monoisotopic (exact) mass is 892 g/mol. The van der Waals surface area contributed by atoms with Crippen molar-refractivity contribution in [2.75, 3.05) is 76.2 Å². The van der Waals surface area contributed by atoms with Gasteiger partial charge in [-0.25, -0.2) is 23.1 Å². The number of carbonyl (C=O) groups excluding carboxylic acids is 2. The van der Waals surface area contributed by atoms with Crippen LogP contribution in [0.3, 0.4) is 0 Å². The predicted molar refractivity (Wildman–Crippen MR) is 241 cm³/mol. The number of carbonyl (C=O) groups is 2. The number of alkyl halides is 2. The number of hydrogen-bond acceptors (Lipinski definition) is 10. The molecule has 5 fully saturated rings. The van der Waals surface area contributed by atoms with Gasteiger partial charge < -0.3 is 30.1 Å². The van der Waals surface area contributed by atoms with E-state index < -0.39 is 24.1 Å². The van der Waals surface area contributed by atoms with Crippen molar-refractivity contribution >= 4 is 40.0 Å². The highest BCUT2D eigenvalue weighted by atomic mass is 19.3. The second-order valence-electron chi connectivity index (χ2n) is 19.1. The number of aromatic nitrogens is 7. The SMILES string of the molecule is CN1CC2(CCN(c3ccn4ncc(C(=O)Nc5cn(C6CCC(CN7CCC(OCC#Cc8cccc9c8n(C)c(=O)n9C8CCCNC8=O)CC7)CC6)nc5C(F)F)c4n3)CC2)C1. The van der Waals surface area contributed by atoms with Gasteiger partial charge >= 0.3 is 5.69 Å². The Kier molecular flexibility index (Phi) is 12.0. The first-order valence-electron chi connectivity index (χ1n) is 23.3. The molecule has 5 aromatic rings. The highest BCUT2D eigenvalue weighted by Crippen LogP contribution is 2.41. The van der Waals surface area contributed by atoms with Crippen LogP contribution in [0.2, 0.25) is 0 Å². The Balaban J connectivity index is 0.695. The van der Waals surface area contributed by atoms with Gasteiger partial charge in [0.25, 0.3) is 12.3 Å². The van der Waals surface area contributed by atoms with Crippen LogP contribution in [0.25, 0.3) is 16.7 Å². The maximum atomic E-state index is 14.4. The Labute approximate surface area is 376 Å². The summed E-state index contributed by atoms with van der Waals surface area (Å²) in [4.78, 5) is 51.4. The van der Waals surface area contributed by atoms with E-state index >= 15 is 0 Å². The van der Waals surface area contributed by atoms with Gasteiger partial charge in [0.15, 0.2) is 11.3 Å². The van der Waals surface area contributed by atoms with Crippen LogP contribution in [0.5, 0.6) is 0 Å². The molecule has 2 N–H and O–H groups in total. The van der Waals surface area contributed by atoms with Gasteiger partial charge in [0.1, 0.15) is 24.0 Å². The molecule has 1 saturated carbocycles. The summed E-state index contributed by atoms with van der Waals surface area (Å²) in [6, 6.07) is 7.00. The standard InChI is InChI=1S/C47H58F2N12O4/c1-55-29-47(30-55)17-23-58(24-18-47)39-16-22-59-43(53-39)35(26-51-59)44(62)52-36-28-60(54-40(36)42(48)49)33-12-10-31(11-13-33)27-57-20-14-34(15-21-57)65-25-5-7-32-6-3-8-37-41(32)56(2)46(64)61(37)38-9-4-19-50-45(38)63/h3,6,8,16,22,26,28,31,33-34,38,42H,4,9-15,17-21,23-25,27,29-30H2,1-2H3,(H,50,63)(H,52,62). The fourth-order valence-corrected chi connectivity index (χ4v) is 11.2. The Morgan fingerprint density at radius 1 is 1.02 bits per heavy atom. The quantitative estimate of drug-likeness (QED) is 0.183. The molecule has 5 aliphatic rings. The van der Waals surface area contributed by atoms with Crippen LogP contribution in [0.4, 0.5) is 20.3 Å². The number of para-hydroxylation sites is 1. The molecule has 0 bridgehead atoms. The van der Waals surface area contributed by atoms with Crippen LogP contribution < -0.4 is 21.2 Å². The summed E-state index contributed by atoms with van der Waals surface area (Å²) in [6.07, 6.45) is 11.1. The van der Waals surface area contributed by atoms with E-state index in [1.165, 1.54) is 6.20 Å². The van der Waals surface area contributed by atoms with E-state index in [0.29, 0.717) is 35.5 Å². The summed E-state index contributed by atoms with van der Waals surface area (Å²) in [5.41, 5.74) is 2.51. The largest absolute Gasteiger partial charge is 0.365 e. The van der Waals surface area contributed by atoms with Gasteiger partial charge in [0, 0.05) is 71.8 Å². The molecule has 1 atom stereocenters. The summed E-state index contributed by atoms with van der Waals surface area (Å²) in [5, 5.41) is 14.3. The Morgan fingerprint density at radius 3 is 2.54 bits per heavy atom. The summed E-state index contributed by atoms with van der Waals surface area (Å²) < 4.78 is 41.3. The van der Waals surface area contributed by atoms with Crippen LogP contribution in [0, 0.1) is 23.2 Å². The molecule has 10 rings (SSSR count). The molecule has 2 amide bonds. The number of ether oxygens (including phenoxy) is 1. The Bertz CT molecular complexity index is 2680. The molecule has 16 nitrogen and oxygen atoms in total. The zero-order valence-electron chi connectivity index (χ0n) is 37.2. The van der Waals surface area contributed by atoms with Crippen molar-refractivity contribution in [1.29, 1.82) is 0 Å². The van der Waals surface area contributed by atoms with Crippen LogP contribution in [-0.4, -0.2) is 127 Å². The number of fused-ring (bicyclic) bond motifs is 2. The highest BCUT2D eigenvalue weighted by Gasteiger charge is 2.43. The summed E-state index contributed by atoms with van der Waals surface area (Å²) >= 11 is 0.